The summed E-state index contributed by atoms with van der Waals surface area (Å²) in [6.07, 6.45) is 1.64. The van der Waals surface area contributed by atoms with Gasteiger partial charge in [-0.15, -0.1) is 0 Å². The maximum Gasteiger partial charge on any atom is 0.254 e. The lowest BCUT2D eigenvalue weighted by molar-refractivity contribution is -0.122. The number of hydrogen-bond acceptors (Lipinski definition) is 5. The first kappa shape index (κ1) is 24.0. The van der Waals surface area contributed by atoms with Crippen LogP contribution in [0.2, 0.25) is 5.02 Å². The van der Waals surface area contributed by atoms with Gasteiger partial charge < -0.3 is 4.74 Å². The Morgan fingerprint density at radius 1 is 0.912 bits per heavy atom. The molecule has 1 fully saturated rings. The van der Waals surface area contributed by atoms with Crippen molar-refractivity contribution in [2.75, 3.05) is 32.7 Å². The van der Waals surface area contributed by atoms with Crippen molar-refractivity contribution in [3.63, 3.8) is 0 Å². The largest absolute Gasteiger partial charge is 0.489 e. The Hall–Kier alpha value is -3.19. The molecule has 1 N–H and O–H groups in total. The first-order valence-electron chi connectivity index (χ1n) is 11.4. The second-order valence-corrected chi connectivity index (χ2v) is 8.69. The van der Waals surface area contributed by atoms with Gasteiger partial charge in [-0.05, 0) is 47.0 Å². The van der Waals surface area contributed by atoms with Crippen molar-refractivity contribution in [2.24, 2.45) is 5.10 Å². The Kier molecular flexibility index (Phi) is 8.68. The third-order valence-electron chi connectivity index (χ3n) is 5.72. The standard InChI is InChI=1S/C27H29ClN4O2/c28-26-9-5-4-8-24(26)19-31-14-16-32(17-15-31)20-27(33)30-29-18-22-10-12-25(13-11-22)34-21-23-6-2-1-3-7-23/h1-13,18H,14-17,19-21H2,(H,30,33)/b29-18+. The maximum atomic E-state index is 12.3. The lowest BCUT2D eigenvalue weighted by Gasteiger charge is -2.34. The molecule has 3 aromatic carbocycles. The van der Waals surface area contributed by atoms with E-state index in [1.165, 1.54) is 0 Å². The van der Waals surface area contributed by atoms with Gasteiger partial charge in [0.25, 0.3) is 5.91 Å². The topological polar surface area (TPSA) is 57.2 Å². The first-order valence-corrected chi connectivity index (χ1v) is 11.8. The van der Waals surface area contributed by atoms with E-state index in [2.05, 4.69) is 26.4 Å². The molecule has 0 aromatic heterocycles. The fourth-order valence-electron chi connectivity index (χ4n) is 3.78. The molecule has 0 radical (unpaired) electrons. The molecule has 1 heterocycles. The molecule has 0 spiro atoms. The van der Waals surface area contributed by atoms with Crippen molar-refractivity contribution < 1.29 is 9.53 Å². The first-order chi connectivity index (χ1) is 16.7. The Labute approximate surface area is 205 Å². The molecule has 0 aliphatic carbocycles. The monoisotopic (exact) mass is 476 g/mol. The number of benzene rings is 3. The van der Waals surface area contributed by atoms with Crippen molar-refractivity contribution in [3.05, 3.63) is 101 Å². The van der Waals surface area contributed by atoms with E-state index in [9.17, 15) is 4.79 Å². The number of ether oxygens (including phenoxy) is 1. The van der Waals surface area contributed by atoms with Crippen LogP contribution >= 0.6 is 11.6 Å². The Bertz CT molecular complexity index is 1080. The Morgan fingerprint density at radius 2 is 1.59 bits per heavy atom. The highest BCUT2D eigenvalue weighted by Crippen LogP contribution is 2.18. The summed E-state index contributed by atoms with van der Waals surface area (Å²) in [5.41, 5.74) is 5.78. The van der Waals surface area contributed by atoms with Crippen molar-refractivity contribution in [3.8, 4) is 5.75 Å². The number of nitrogens with zero attached hydrogens (tertiary/aromatic N) is 3. The van der Waals surface area contributed by atoms with E-state index in [-0.39, 0.29) is 5.91 Å². The minimum absolute atomic E-state index is 0.112. The molecule has 0 atom stereocenters. The Morgan fingerprint density at radius 3 is 2.32 bits per heavy atom. The summed E-state index contributed by atoms with van der Waals surface area (Å²) >= 11 is 6.27. The van der Waals surface area contributed by atoms with Crippen LogP contribution in [0.5, 0.6) is 5.75 Å². The third kappa shape index (κ3) is 7.42. The van der Waals surface area contributed by atoms with E-state index in [0.29, 0.717) is 13.2 Å². The summed E-state index contributed by atoms with van der Waals surface area (Å²) in [6.45, 7) is 5.18. The van der Waals surface area contributed by atoms with Gasteiger partial charge in [0.05, 0.1) is 12.8 Å². The summed E-state index contributed by atoms with van der Waals surface area (Å²) in [5, 5.41) is 4.90. The van der Waals surface area contributed by atoms with E-state index in [1.807, 2.05) is 72.8 Å². The molecule has 7 heteroatoms. The van der Waals surface area contributed by atoms with E-state index < -0.39 is 0 Å². The van der Waals surface area contributed by atoms with E-state index in [4.69, 9.17) is 16.3 Å². The summed E-state index contributed by atoms with van der Waals surface area (Å²) < 4.78 is 5.79. The zero-order valence-electron chi connectivity index (χ0n) is 19.1. The number of carbonyl (C=O) groups excluding carboxylic acids is 1. The highest BCUT2D eigenvalue weighted by molar-refractivity contribution is 6.31. The second kappa shape index (κ2) is 12.3. The average Bonchev–Trinajstić information content (AvgIpc) is 2.87. The highest BCUT2D eigenvalue weighted by atomic mass is 35.5. The number of hydrazone groups is 1. The van der Waals surface area contributed by atoms with Crippen LogP contribution in [0, 0.1) is 0 Å². The number of piperazine rings is 1. The van der Waals surface area contributed by atoms with Gasteiger partial charge in [0.2, 0.25) is 0 Å². The van der Waals surface area contributed by atoms with Crippen LogP contribution in [0.4, 0.5) is 0 Å². The van der Waals surface area contributed by atoms with Gasteiger partial charge in [0.1, 0.15) is 12.4 Å². The summed E-state index contributed by atoms with van der Waals surface area (Å²) in [5.74, 6) is 0.678. The van der Waals surface area contributed by atoms with Crippen LogP contribution in [0.3, 0.4) is 0 Å². The molecule has 34 heavy (non-hydrogen) atoms. The molecule has 0 unspecified atom stereocenters. The maximum absolute atomic E-state index is 12.3. The van der Waals surface area contributed by atoms with Gasteiger partial charge in [0.15, 0.2) is 0 Å². The molecule has 6 nitrogen and oxygen atoms in total. The van der Waals surface area contributed by atoms with Crippen LogP contribution < -0.4 is 10.2 Å². The molecular weight excluding hydrogens is 448 g/mol. The lowest BCUT2D eigenvalue weighted by Crippen LogP contribution is -2.48. The summed E-state index contributed by atoms with van der Waals surface area (Å²) in [6, 6.07) is 25.6. The SMILES string of the molecule is O=C(CN1CCN(Cc2ccccc2Cl)CC1)N/N=C/c1ccc(OCc2ccccc2)cc1. The lowest BCUT2D eigenvalue weighted by atomic mass is 10.2. The average molecular weight is 477 g/mol. The highest BCUT2D eigenvalue weighted by Gasteiger charge is 2.19. The summed E-state index contributed by atoms with van der Waals surface area (Å²) in [4.78, 5) is 16.8. The predicted molar refractivity (Wildman–Crippen MR) is 136 cm³/mol. The zero-order valence-corrected chi connectivity index (χ0v) is 19.8. The van der Waals surface area contributed by atoms with Crippen LogP contribution in [0.1, 0.15) is 16.7 Å². The predicted octanol–water partition coefficient (Wildman–Crippen LogP) is 4.19. The number of halogens is 1. The van der Waals surface area contributed by atoms with Crippen LogP contribution in [-0.2, 0) is 17.9 Å². The molecule has 1 aliphatic heterocycles. The fourth-order valence-corrected chi connectivity index (χ4v) is 3.98. The molecule has 1 amide bonds. The molecular formula is C27H29ClN4O2. The van der Waals surface area contributed by atoms with Crippen molar-refractivity contribution >= 4 is 23.7 Å². The molecule has 0 bridgehead atoms. The number of rotatable bonds is 9. The van der Waals surface area contributed by atoms with Gasteiger partial charge in [-0.2, -0.15) is 5.10 Å². The van der Waals surface area contributed by atoms with Crippen LogP contribution in [-0.4, -0.2) is 54.6 Å². The Balaban J connectivity index is 1.15. The van der Waals surface area contributed by atoms with Crippen molar-refractivity contribution in [1.82, 2.24) is 15.2 Å². The molecule has 1 saturated heterocycles. The normalized spacial score (nSPS) is 14.9. The third-order valence-corrected chi connectivity index (χ3v) is 6.08. The van der Waals surface area contributed by atoms with Crippen LogP contribution in [0.15, 0.2) is 84.0 Å². The molecule has 3 aromatic rings. The van der Waals surface area contributed by atoms with Gasteiger partial charge in [-0.1, -0.05) is 60.1 Å². The molecule has 176 valence electrons. The van der Waals surface area contributed by atoms with Gasteiger partial charge in [0, 0.05) is 37.7 Å². The fraction of sp³-hybridized carbons (Fsp3) is 0.259. The zero-order chi connectivity index (χ0) is 23.6. The van der Waals surface area contributed by atoms with E-state index in [1.54, 1.807) is 6.21 Å². The van der Waals surface area contributed by atoms with Crippen molar-refractivity contribution in [2.45, 2.75) is 13.2 Å². The number of carbonyl (C=O) groups is 1. The van der Waals surface area contributed by atoms with Crippen molar-refractivity contribution in [1.29, 1.82) is 0 Å². The van der Waals surface area contributed by atoms with Gasteiger partial charge in [-0.25, -0.2) is 5.43 Å². The minimum atomic E-state index is -0.112. The summed E-state index contributed by atoms with van der Waals surface area (Å²) in [7, 11) is 0. The number of hydrogen-bond donors (Lipinski definition) is 1. The molecule has 0 saturated carbocycles. The second-order valence-electron chi connectivity index (χ2n) is 8.28. The smallest absolute Gasteiger partial charge is 0.254 e. The number of amides is 1. The number of nitrogens with one attached hydrogen (secondary N) is 1. The quantitative estimate of drug-likeness (QED) is 0.371. The molecule has 1 aliphatic rings. The van der Waals surface area contributed by atoms with Gasteiger partial charge in [-0.3, -0.25) is 14.6 Å². The minimum Gasteiger partial charge on any atom is -0.489 e. The van der Waals surface area contributed by atoms with E-state index >= 15 is 0 Å². The van der Waals surface area contributed by atoms with Crippen LogP contribution in [0.25, 0.3) is 0 Å². The van der Waals surface area contributed by atoms with E-state index in [0.717, 1.165) is 60.2 Å². The molecule has 4 rings (SSSR count). The van der Waals surface area contributed by atoms with Gasteiger partial charge >= 0.3 is 0 Å².